The second kappa shape index (κ2) is 8.91. The number of nitrogens with zero attached hydrogens (tertiary/aromatic N) is 3. The number of anilines is 1. The van der Waals surface area contributed by atoms with E-state index in [1.165, 1.54) is 21.3 Å². The number of rotatable bonds is 6. The first-order valence-corrected chi connectivity index (χ1v) is 12.1. The van der Waals surface area contributed by atoms with Crippen LogP contribution in [-0.2, 0) is 32.5 Å². The highest BCUT2D eigenvalue weighted by Gasteiger charge is 2.29. The van der Waals surface area contributed by atoms with Crippen LogP contribution in [0.2, 0.25) is 0 Å². The summed E-state index contributed by atoms with van der Waals surface area (Å²) in [5, 5.41) is 16.4. The molecule has 12 heteroatoms. The number of morpholine rings is 1. The van der Waals surface area contributed by atoms with Gasteiger partial charge in [0.1, 0.15) is 5.69 Å². The molecule has 0 spiro atoms. The van der Waals surface area contributed by atoms with Gasteiger partial charge in [-0.15, -0.1) is 11.3 Å². The number of carbonyl (C=O) groups is 1. The van der Waals surface area contributed by atoms with Crippen LogP contribution in [0, 0.1) is 10.1 Å². The number of benzene rings is 1. The van der Waals surface area contributed by atoms with Crippen LogP contribution in [0.25, 0.3) is 0 Å². The van der Waals surface area contributed by atoms with Gasteiger partial charge in [-0.3, -0.25) is 14.9 Å². The van der Waals surface area contributed by atoms with Crippen molar-refractivity contribution < 1.29 is 22.9 Å². The fourth-order valence-corrected chi connectivity index (χ4v) is 5.97. The molecule has 10 nitrogen and oxygen atoms in total. The molecule has 1 aromatic carbocycles. The number of hydrogen-bond acceptors (Lipinski definition) is 8. The number of fused-ring (bicyclic) bond motifs is 1. The molecule has 4 rings (SSSR count). The number of sulfonamides is 1. The van der Waals surface area contributed by atoms with Crippen LogP contribution in [0.5, 0.6) is 0 Å². The van der Waals surface area contributed by atoms with Crippen molar-refractivity contribution in [3.63, 3.8) is 0 Å². The Balaban J connectivity index is 1.47. The van der Waals surface area contributed by atoms with Gasteiger partial charge in [0.15, 0.2) is 0 Å². The van der Waals surface area contributed by atoms with Crippen LogP contribution in [0.4, 0.5) is 11.4 Å². The number of carbonyl (C=O) groups excluding carboxylic acids is 1. The first-order chi connectivity index (χ1) is 14.9. The Hall–Kier alpha value is -2.54. The molecule has 166 valence electrons. The summed E-state index contributed by atoms with van der Waals surface area (Å²) >= 11 is 1.68. The molecule has 1 N–H and O–H groups in total. The molecular formula is C19H22N4O6S2. The summed E-state index contributed by atoms with van der Waals surface area (Å²) in [6.07, 6.45) is 0.799. The van der Waals surface area contributed by atoms with E-state index in [9.17, 15) is 23.3 Å². The fourth-order valence-electron chi connectivity index (χ4n) is 3.65. The topological polar surface area (TPSA) is 122 Å². The van der Waals surface area contributed by atoms with E-state index in [2.05, 4.69) is 5.32 Å². The minimum atomic E-state index is -3.86. The molecule has 1 amide bonds. The van der Waals surface area contributed by atoms with Gasteiger partial charge < -0.3 is 15.0 Å². The minimum absolute atomic E-state index is 0.104. The van der Waals surface area contributed by atoms with Gasteiger partial charge >= 0.3 is 0 Å². The summed E-state index contributed by atoms with van der Waals surface area (Å²) in [5.41, 5.74) is 0.849. The van der Waals surface area contributed by atoms with Crippen molar-refractivity contribution >= 4 is 38.6 Å². The van der Waals surface area contributed by atoms with Gasteiger partial charge in [0.2, 0.25) is 15.9 Å². The summed E-state index contributed by atoms with van der Waals surface area (Å²) in [5.74, 6) is -0.170. The van der Waals surface area contributed by atoms with Crippen LogP contribution in [-0.4, -0.2) is 67.8 Å². The van der Waals surface area contributed by atoms with E-state index in [0.29, 0.717) is 13.1 Å². The lowest BCUT2D eigenvalue weighted by atomic mass is 10.1. The summed E-state index contributed by atoms with van der Waals surface area (Å²) in [6, 6.07) is 5.70. The van der Waals surface area contributed by atoms with Gasteiger partial charge in [0, 0.05) is 37.1 Å². The molecule has 3 heterocycles. The summed E-state index contributed by atoms with van der Waals surface area (Å²) in [7, 11) is -3.86. The lowest BCUT2D eigenvalue weighted by molar-refractivity contribution is -0.384. The number of nitro benzene ring substituents is 1. The van der Waals surface area contributed by atoms with Crippen molar-refractivity contribution in [2.24, 2.45) is 0 Å². The predicted octanol–water partition coefficient (Wildman–Crippen LogP) is 1.67. The SMILES string of the molecule is O=C(CNc1ccc(S(=O)(=O)N2CCOCC2)cc1[N+](=O)[O-])N1CCc2sccc2C1. The zero-order valence-corrected chi connectivity index (χ0v) is 18.3. The van der Waals surface area contributed by atoms with Crippen LogP contribution in [0.15, 0.2) is 34.5 Å². The molecule has 2 aliphatic rings. The Morgan fingerprint density at radius 2 is 2.00 bits per heavy atom. The first-order valence-electron chi connectivity index (χ1n) is 9.79. The van der Waals surface area contributed by atoms with E-state index in [-0.39, 0.29) is 55.0 Å². The largest absolute Gasteiger partial charge is 0.379 e. The highest BCUT2D eigenvalue weighted by molar-refractivity contribution is 7.89. The van der Waals surface area contributed by atoms with Crippen molar-refractivity contribution in [2.45, 2.75) is 17.9 Å². The maximum atomic E-state index is 12.8. The number of hydrogen-bond donors (Lipinski definition) is 1. The summed E-state index contributed by atoms with van der Waals surface area (Å²) in [4.78, 5) is 26.4. The van der Waals surface area contributed by atoms with Gasteiger partial charge in [-0.2, -0.15) is 4.31 Å². The van der Waals surface area contributed by atoms with Crippen molar-refractivity contribution in [3.05, 3.63) is 50.2 Å². The number of nitro groups is 1. The second-order valence-electron chi connectivity index (χ2n) is 7.24. The zero-order valence-electron chi connectivity index (χ0n) is 16.7. The number of ether oxygens (including phenoxy) is 1. The molecule has 0 radical (unpaired) electrons. The monoisotopic (exact) mass is 466 g/mol. The van der Waals surface area contributed by atoms with Crippen molar-refractivity contribution in [2.75, 3.05) is 44.7 Å². The number of amides is 1. The number of thiophene rings is 1. The summed E-state index contributed by atoms with van der Waals surface area (Å²) in [6.45, 7) is 1.98. The van der Waals surface area contributed by atoms with Crippen LogP contribution < -0.4 is 5.32 Å². The summed E-state index contributed by atoms with van der Waals surface area (Å²) < 4.78 is 32.0. The molecule has 0 aliphatic carbocycles. The highest BCUT2D eigenvalue weighted by Crippen LogP contribution is 2.29. The molecule has 1 aromatic heterocycles. The lowest BCUT2D eigenvalue weighted by Crippen LogP contribution is -2.40. The molecular weight excluding hydrogens is 444 g/mol. The molecule has 2 aromatic rings. The third-order valence-electron chi connectivity index (χ3n) is 5.36. The Morgan fingerprint density at radius 1 is 1.23 bits per heavy atom. The first kappa shape index (κ1) is 21.7. The Bertz CT molecular complexity index is 1090. The van der Waals surface area contributed by atoms with E-state index in [1.807, 2.05) is 11.4 Å². The molecule has 1 saturated heterocycles. The zero-order chi connectivity index (χ0) is 22.0. The van der Waals surface area contributed by atoms with Crippen LogP contribution in [0.3, 0.4) is 0 Å². The average Bonchev–Trinajstić information content (AvgIpc) is 3.25. The maximum absolute atomic E-state index is 12.8. The van der Waals surface area contributed by atoms with E-state index >= 15 is 0 Å². The lowest BCUT2D eigenvalue weighted by Gasteiger charge is -2.27. The molecule has 2 aliphatic heterocycles. The van der Waals surface area contributed by atoms with Crippen molar-refractivity contribution in [1.82, 2.24) is 9.21 Å². The van der Waals surface area contributed by atoms with E-state index < -0.39 is 14.9 Å². The minimum Gasteiger partial charge on any atom is -0.379 e. The van der Waals surface area contributed by atoms with E-state index in [0.717, 1.165) is 18.1 Å². The molecule has 1 fully saturated rings. The highest BCUT2D eigenvalue weighted by atomic mass is 32.2. The Labute approximate surface area is 183 Å². The van der Waals surface area contributed by atoms with Gasteiger partial charge in [-0.25, -0.2) is 8.42 Å². The average molecular weight is 467 g/mol. The third-order valence-corrected chi connectivity index (χ3v) is 8.28. The van der Waals surface area contributed by atoms with Gasteiger partial charge in [0.05, 0.1) is 29.6 Å². The Kier molecular flexibility index (Phi) is 6.23. The van der Waals surface area contributed by atoms with Gasteiger partial charge in [-0.1, -0.05) is 0 Å². The van der Waals surface area contributed by atoms with Crippen LogP contribution >= 0.6 is 11.3 Å². The van der Waals surface area contributed by atoms with Crippen molar-refractivity contribution in [3.8, 4) is 0 Å². The Morgan fingerprint density at radius 3 is 2.74 bits per heavy atom. The quantitative estimate of drug-likeness (QED) is 0.508. The molecule has 31 heavy (non-hydrogen) atoms. The normalized spacial score (nSPS) is 17.2. The predicted molar refractivity (Wildman–Crippen MR) is 115 cm³/mol. The number of nitrogens with one attached hydrogen (secondary N) is 1. The van der Waals surface area contributed by atoms with Gasteiger partial charge in [0.25, 0.3) is 5.69 Å². The van der Waals surface area contributed by atoms with E-state index in [4.69, 9.17) is 4.74 Å². The molecule has 0 atom stereocenters. The maximum Gasteiger partial charge on any atom is 0.293 e. The molecule has 0 bridgehead atoms. The molecule has 0 unspecified atom stereocenters. The van der Waals surface area contributed by atoms with Crippen LogP contribution in [0.1, 0.15) is 10.4 Å². The fraction of sp³-hybridized carbons (Fsp3) is 0.421. The second-order valence-corrected chi connectivity index (χ2v) is 10.2. The van der Waals surface area contributed by atoms with Crippen molar-refractivity contribution in [1.29, 1.82) is 0 Å². The smallest absolute Gasteiger partial charge is 0.293 e. The van der Waals surface area contributed by atoms with E-state index in [1.54, 1.807) is 16.2 Å². The standard InChI is InChI=1S/C19H22N4O6S2/c24-19(21-5-3-18-14(13-21)4-10-30-18)12-20-16-2-1-15(11-17(16)23(25)26)31(27,28)22-6-8-29-9-7-22/h1-2,4,10-11,20H,3,5-9,12-13H2. The third kappa shape index (κ3) is 4.56. The van der Waals surface area contributed by atoms with Gasteiger partial charge in [-0.05, 0) is 35.6 Å². The molecule has 0 saturated carbocycles.